The van der Waals surface area contributed by atoms with E-state index < -0.39 is 78.3 Å². The van der Waals surface area contributed by atoms with Gasteiger partial charge in [-0.25, -0.2) is 4.98 Å². The largest absolute Gasteiger partial charge is 0.481 e. The molecule has 2 heterocycles. The second kappa shape index (κ2) is 18.8. The van der Waals surface area contributed by atoms with Crippen molar-refractivity contribution in [2.24, 2.45) is 11.7 Å². The summed E-state index contributed by atoms with van der Waals surface area (Å²) in [4.78, 5) is 94.3. The number of aliphatic carboxylic acids is 2. The van der Waals surface area contributed by atoms with Crippen LogP contribution < -0.4 is 26.6 Å². The molecule has 5 atom stereocenters. The van der Waals surface area contributed by atoms with Gasteiger partial charge in [-0.3, -0.25) is 38.5 Å². The van der Waals surface area contributed by atoms with Gasteiger partial charge < -0.3 is 31.9 Å². The van der Waals surface area contributed by atoms with Crippen LogP contribution in [-0.4, -0.2) is 93.1 Å². The van der Waals surface area contributed by atoms with Gasteiger partial charge in [0, 0.05) is 25.5 Å². The van der Waals surface area contributed by atoms with E-state index in [9.17, 15) is 43.8 Å². The van der Waals surface area contributed by atoms with Crippen LogP contribution in [0.5, 0.6) is 0 Å². The van der Waals surface area contributed by atoms with Crippen molar-refractivity contribution in [1.29, 1.82) is 0 Å². The molecule has 0 radical (unpaired) electrons. The summed E-state index contributed by atoms with van der Waals surface area (Å²) >= 11 is 5.62. The highest BCUT2D eigenvalue weighted by atomic mass is 35.5. The van der Waals surface area contributed by atoms with E-state index >= 15 is 0 Å². The summed E-state index contributed by atoms with van der Waals surface area (Å²) in [7, 11) is 0. The zero-order valence-corrected chi connectivity index (χ0v) is 26.8. The molecule has 0 saturated carbocycles. The third-order valence-corrected chi connectivity index (χ3v) is 8.02. The molecular formula is C30H43ClN6O9. The summed E-state index contributed by atoms with van der Waals surface area (Å²) in [5.74, 6) is -6.92. The number of ketones is 1. The van der Waals surface area contributed by atoms with E-state index in [1.807, 2.05) is 6.92 Å². The third kappa shape index (κ3) is 11.1. The van der Waals surface area contributed by atoms with Gasteiger partial charge in [-0.15, -0.1) is 11.6 Å². The number of Topliss-reactive ketones (excluding diaryl/α,β-unsaturated/α-hetero) is 1. The summed E-state index contributed by atoms with van der Waals surface area (Å²) in [5.41, 5.74) is 5.99. The van der Waals surface area contributed by atoms with Crippen molar-refractivity contribution in [3.05, 3.63) is 23.9 Å². The molecule has 3 unspecified atom stereocenters. The van der Waals surface area contributed by atoms with E-state index in [1.54, 1.807) is 19.1 Å². The monoisotopic (exact) mass is 666 g/mol. The number of hydrogen-bond acceptors (Lipinski definition) is 9. The zero-order valence-electron chi connectivity index (χ0n) is 26.0. The highest BCUT2D eigenvalue weighted by Crippen LogP contribution is 2.31. The van der Waals surface area contributed by atoms with Crippen LogP contribution in [0, 0.1) is 5.92 Å². The van der Waals surface area contributed by atoms with Crippen molar-refractivity contribution >= 4 is 58.8 Å². The molecule has 0 aliphatic carbocycles. The molecule has 16 heteroatoms. The van der Waals surface area contributed by atoms with Crippen molar-refractivity contribution < 1.29 is 43.8 Å². The number of carbonyl (C=O) groups is 7. The number of unbranched alkanes of at least 4 members (excludes halogenated alkanes) is 2. The number of amides is 4. The molecule has 0 aromatic carbocycles. The SMILES string of the molecule is CC[C@H](C)[C@H](NC(=O)CCCCCN)C(=O)NC(CCC(=O)O)C(=O)N1c2ncccc2CC1C(=O)NC(CC(=O)O)C(=O)CCl. The maximum Gasteiger partial charge on any atom is 0.305 e. The first kappa shape index (κ1) is 38.1. The van der Waals surface area contributed by atoms with Crippen LogP contribution in [0.1, 0.15) is 70.8 Å². The highest BCUT2D eigenvalue weighted by molar-refractivity contribution is 6.28. The number of nitrogens with zero attached hydrogens (tertiary/aromatic N) is 2. The molecular weight excluding hydrogens is 624 g/mol. The molecule has 0 spiro atoms. The van der Waals surface area contributed by atoms with Crippen LogP contribution in [0.2, 0.25) is 0 Å². The molecule has 1 aliphatic heterocycles. The van der Waals surface area contributed by atoms with Crippen LogP contribution in [0.25, 0.3) is 0 Å². The van der Waals surface area contributed by atoms with E-state index in [0.717, 1.165) is 17.7 Å². The predicted octanol–water partition coefficient (Wildman–Crippen LogP) is 0.506. The fourth-order valence-corrected chi connectivity index (χ4v) is 5.20. The van der Waals surface area contributed by atoms with Crippen LogP contribution in [0.3, 0.4) is 0 Å². The molecule has 0 fully saturated rings. The highest BCUT2D eigenvalue weighted by Gasteiger charge is 2.43. The van der Waals surface area contributed by atoms with Crippen molar-refractivity contribution in [2.75, 3.05) is 17.3 Å². The second-order valence-electron chi connectivity index (χ2n) is 11.2. The normalized spacial score (nSPS) is 16.3. The first-order valence-electron chi connectivity index (χ1n) is 15.2. The maximum absolute atomic E-state index is 14.1. The molecule has 2 rings (SSSR count). The molecule has 1 aliphatic rings. The number of hydrogen-bond donors (Lipinski definition) is 6. The number of carboxylic acid groups (broad SMARTS) is 2. The van der Waals surface area contributed by atoms with E-state index in [1.165, 1.54) is 6.20 Å². The standard InChI is InChI=1S/C30H43ClN6O9/c1-3-17(2)26(36-23(39)9-5-4-6-12-32)29(45)34-19(10-11-24(40)41)30(46)37-21(14-18-8-7-13-33-27(18)37)28(44)35-20(15-25(42)43)22(38)16-31/h7-8,13,17,19-21,26H,3-6,9-12,14-16,32H2,1-2H3,(H,34,45)(H,35,44)(H,36,39)(H,40,41)(H,42,43)/t17-,19?,20?,21?,26-/m0/s1. The van der Waals surface area contributed by atoms with Gasteiger partial charge in [-0.05, 0) is 43.4 Å². The number of pyridine rings is 1. The number of halogens is 1. The number of nitrogens with two attached hydrogens (primary N) is 1. The lowest BCUT2D eigenvalue weighted by atomic mass is 9.97. The second-order valence-corrected chi connectivity index (χ2v) is 11.5. The number of carbonyl (C=O) groups excluding carboxylic acids is 5. The van der Waals surface area contributed by atoms with Gasteiger partial charge in [-0.1, -0.05) is 32.8 Å². The number of aromatic nitrogens is 1. The van der Waals surface area contributed by atoms with Crippen molar-refractivity contribution in [1.82, 2.24) is 20.9 Å². The van der Waals surface area contributed by atoms with Crippen LogP contribution >= 0.6 is 11.6 Å². The van der Waals surface area contributed by atoms with E-state index in [-0.39, 0.29) is 36.9 Å². The Morgan fingerprint density at radius 2 is 1.74 bits per heavy atom. The predicted molar refractivity (Wildman–Crippen MR) is 167 cm³/mol. The van der Waals surface area contributed by atoms with Gasteiger partial charge in [0.25, 0.3) is 5.91 Å². The van der Waals surface area contributed by atoms with Crippen molar-refractivity contribution in [3.8, 4) is 0 Å². The van der Waals surface area contributed by atoms with E-state index in [2.05, 4.69) is 20.9 Å². The Morgan fingerprint density at radius 3 is 2.35 bits per heavy atom. The lowest BCUT2D eigenvalue weighted by molar-refractivity contribution is -0.140. The molecule has 15 nitrogen and oxygen atoms in total. The van der Waals surface area contributed by atoms with E-state index in [0.29, 0.717) is 24.9 Å². The number of alkyl halides is 1. The Kier molecular flexibility index (Phi) is 15.5. The lowest BCUT2D eigenvalue weighted by Gasteiger charge is -2.31. The Hall–Kier alpha value is -4.11. The Labute approximate surface area is 272 Å². The number of rotatable bonds is 20. The van der Waals surface area contributed by atoms with E-state index in [4.69, 9.17) is 17.3 Å². The summed E-state index contributed by atoms with van der Waals surface area (Å²) in [6.45, 7) is 4.08. The molecule has 46 heavy (non-hydrogen) atoms. The molecule has 7 N–H and O–H groups in total. The topological polar surface area (TPSA) is 238 Å². The van der Waals surface area contributed by atoms with Gasteiger partial charge in [0.2, 0.25) is 17.7 Å². The first-order chi connectivity index (χ1) is 21.8. The Balaban J connectivity index is 2.39. The fraction of sp³-hybridized carbons (Fsp3) is 0.600. The molecule has 1 aromatic heterocycles. The van der Waals surface area contributed by atoms with Gasteiger partial charge in [0.05, 0.1) is 18.3 Å². The van der Waals surface area contributed by atoms with Crippen molar-refractivity contribution in [3.63, 3.8) is 0 Å². The van der Waals surface area contributed by atoms with Gasteiger partial charge >= 0.3 is 11.9 Å². The minimum atomic E-state index is -1.46. The quantitative estimate of drug-likeness (QED) is 0.0827. The molecule has 0 bridgehead atoms. The summed E-state index contributed by atoms with van der Waals surface area (Å²) in [6, 6.07) is -2.03. The minimum absolute atomic E-state index is 0.0507. The first-order valence-corrected chi connectivity index (χ1v) is 15.8. The van der Waals surface area contributed by atoms with Gasteiger partial charge in [-0.2, -0.15) is 0 Å². The third-order valence-electron chi connectivity index (χ3n) is 7.76. The summed E-state index contributed by atoms with van der Waals surface area (Å²) in [5, 5.41) is 26.3. The Bertz CT molecular complexity index is 1280. The number of carboxylic acids is 2. The molecule has 4 amide bonds. The van der Waals surface area contributed by atoms with Crippen LogP contribution in [0.4, 0.5) is 5.82 Å². The maximum atomic E-state index is 14.1. The summed E-state index contributed by atoms with van der Waals surface area (Å²) < 4.78 is 0. The summed E-state index contributed by atoms with van der Waals surface area (Å²) in [6.07, 6.45) is 2.49. The number of anilines is 1. The number of nitrogens with one attached hydrogen (secondary N) is 3. The molecule has 254 valence electrons. The number of fused-ring (bicyclic) bond motifs is 1. The van der Waals surface area contributed by atoms with Crippen LogP contribution in [-0.2, 0) is 40.0 Å². The molecule has 1 aromatic rings. The zero-order chi connectivity index (χ0) is 34.4. The fourth-order valence-electron chi connectivity index (χ4n) is 5.01. The van der Waals surface area contributed by atoms with Gasteiger partial charge in [0.1, 0.15) is 23.9 Å². The smallest absolute Gasteiger partial charge is 0.305 e. The Morgan fingerprint density at radius 1 is 1.02 bits per heavy atom. The minimum Gasteiger partial charge on any atom is -0.481 e. The average Bonchev–Trinajstić information content (AvgIpc) is 3.42. The lowest BCUT2D eigenvalue weighted by Crippen LogP contribution is -2.59. The molecule has 0 saturated heterocycles. The average molecular weight is 667 g/mol. The van der Waals surface area contributed by atoms with Crippen molar-refractivity contribution in [2.45, 2.75) is 95.8 Å². The van der Waals surface area contributed by atoms with Crippen LogP contribution in [0.15, 0.2) is 18.3 Å². The van der Waals surface area contributed by atoms with Gasteiger partial charge in [0.15, 0.2) is 5.78 Å².